The molecule has 1 aromatic heterocycles. The zero-order valence-corrected chi connectivity index (χ0v) is 12.8. The van der Waals surface area contributed by atoms with Crippen LogP contribution in [0, 0.1) is 0 Å². The van der Waals surface area contributed by atoms with Crippen LogP contribution in [0.3, 0.4) is 0 Å². The fourth-order valence-electron chi connectivity index (χ4n) is 2.01. The summed E-state index contributed by atoms with van der Waals surface area (Å²) < 4.78 is 11.1. The van der Waals surface area contributed by atoms with Crippen LogP contribution < -0.4 is 10.1 Å². The Hall–Kier alpha value is -1.61. The summed E-state index contributed by atoms with van der Waals surface area (Å²) in [4.78, 5) is 0. The van der Waals surface area contributed by atoms with Gasteiger partial charge in [0.2, 0.25) is 0 Å². The van der Waals surface area contributed by atoms with Gasteiger partial charge < -0.3 is 14.5 Å². The minimum Gasteiger partial charge on any atom is -0.489 e. The van der Waals surface area contributed by atoms with E-state index in [9.17, 15) is 0 Å². The number of anilines is 1. The minimum absolute atomic E-state index is 0.109. The maximum absolute atomic E-state index is 6.24. The van der Waals surface area contributed by atoms with Gasteiger partial charge in [-0.3, -0.25) is 0 Å². The van der Waals surface area contributed by atoms with E-state index in [0.29, 0.717) is 10.8 Å². The van der Waals surface area contributed by atoms with Gasteiger partial charge in [0.1, 0.15) is 11.5 Å². The third-order valence-corrected chi connectivity index (χ3v) is 3.23. The molecule has 0 aliphatic carbocycles. The summed E-state index contributed by atoms with van der Waals surface area (Å²) >= 11 is 6.24. The topological polar surface area (TPSA) is 34.4 Å². The summed E-state index contributed by atoms with van der Waals surface area (Å²) in [7, 11) is 0. The number of ether oxygens (including phenoxy) is 1. The van der Waals surface area contributed by atoms with E-state index in [1.54, 1.807) is 6.26 Å². The average molecular weight is 294 g/mol. The quantitative estimate of drug-likeness (QED) is 0.786. The van der Waals surface area contributed by atoms with Crippen LogP contribution in [-0.4, -0.2) is 6.10 Å². The minimum atomic E-state index is 0.109. The Balaban J connectivity index is 2.11. The molecular formula is C16H20ClNO2. The van der Waals surface area contributed by atoms with Gasteiger partial charge >= 0.3 is 0 Å². The van der Waals surface area contributed by atoms with Crippen LogP contribution in [-0.2, 0) is 0 Å². The summed E-state index contributed by atoms with van der Waals surface area (Å²) in [6.45, 7) is 6.07. The number of hydrogen-bond donors (Lipinski definition) is 1. The second-order valence-electron chi connectivity index (χ2n) is 4.93. The van der Waals surface area contributed by atoms with E-state index in [0.717, 1.165) is 17.9 Å². The molecule has 1 N–H and O–H groups in total. The van der Waals surface area contributed by atoms with Crippen molar-refractivity contribution in [2.75, 3.05) is 5.32 Å². The smallest absolute Gasteiger partial charge is 0.138 e. The van der Waals surface area contributed by atoms with E-state index in [1.165, 1.54) is 0 Å². The Kier molecular flexibility index (Phi) is 4.96. The second-order valence-corrected chi connectivity index (χ2v) is 5.34. The number of furan rings is 1. The molecule has 1 aromatic carbocycles. The van der Waals surface area contributed by atoms with E-state index < -0.39 is 0 Å². The first kappa shape index (κ1) is 14.8. The Morgan fingerprint density at radius 1 is 1.30 bits per heavy atom. The molecule has 4 heteroatoms. The van der Waals surface area contributed by atoms with E-state index >= 15 is 0 Å². The lowest BCUT2D eigenvalue weighted by molar-refractivity contribution is 0.242. The van der Waals surface area contributed by atoms with E-state index in [-0.39, 0.29) is 12.1 Å². The van der Waals surface area contributed by atoms with Crippen LogP contribution in [0.4, 0.5) is 5.69 Å². The van der Waals surface area contributed by atoms with Crippen LogP contribution in [0.2, 0.25) is 5.02 Å². The molecular weight excluding hydrogens is 274 g/mol. The van der Waals surface area contributed by atoms with Gasteiger partial charge in [0.25, 0.3) is 0 Å². The number of rotatable bonds is 6. The average Bonchev–Trinajstić information content (AvgIpc) is 2.92. The third kappa shape index (κ3) is 3.70. The molecule has 20 heavy (non-hydrogen) atoms. The van der Waals surface area contributed by atoms with Gasteiger partial charge in [-0.1, -0.05) is 18.5 Å². The molecule has 0 amide bonds. The van der Waals surface area contributed by atoms with Gasteiger partial charge in [0, 0.05) is 5.69 Å². The predicted octanol–water partition coefficient (Wildman–Crippen LogP) is 5.28. The highest BCUT2D eigenvalue weighted by molar-refractivity contribution is 6.32. The number of hydrogen-bond acceptors (Lipinski definition) is 3. The Morgan fingerprint density at radius 2 is 2.10 bits per heavy atom. The molecule has 0 radical (unpaired) electrons. The Labute approximate surface area is 124 Å². The molecule has 0 fully saturated rings. The van der Waals surface area contributed by atoms with Crippen molar-refractivity contribution >= 4 is 17.3 Å². The molecule has 2 rings (SSSR count). The SMILES string of the molecule is CCC(Nc1ccc(OC(C)C)c(Cl)c1)c1ccco1. The monoisotopic (exact) mass is 293 g/mol. The first-order valence-electron chi connectivity index (χ1n) is 6.86. The molecule has 0 aliphatic heterocycles. The van der Waals surface area contributed by atoms with Crippen molar-refractivity contribution in [3.8, 4) is 5.75 Å². The van der Waals surface area contributed by atoms with Crippen LogP contribution in [0.15, 0.2) is 41.0 Å². The summed E-state index contributed by atoms with van der Waals surface area (Å²) in [5.41, 5.74) is 0.953. The lowest BCUT2D eigenvalue weighted by Gasteiger charge is -2.17. The molecule has 0 aliphatic rings. The van der Waals surface area contributed by atoms with Crippen LogP contribution >= 0.6 is 11.6 Å². The summed E-state index contributed by atoms with van der Waals surface area (Å²) in [5.74, 6) is 1.63. The van der Waals surface area contributed by atoms with Crippen LogP contribution in [0.25, 0.3) is 0 Å². The molecule has 0 saturated heterocycles. The van der Waals surface area contributed by atoms with Crippen molar-refractivity contribution in [3.63, 3.8) is 0 Å². The van der Waals surface area contributed by atoms with Gasteiger partial charge in [-0.25, -0.2) is 0 Å². The van der Waals surface area contributed by atoms with Crippen molar-refractivity contribution in [1.82, 2.24) is 0 Å². The van der Waals surface area contributed by atoms with Crippen molar-refractivity contribution in [2.45, 2.75) is 39.3 Å². The molecule has 0 spiro atoms. The zero-order valence-electron chi connectivity index (χ0n) is 12.0. The number of benzene rings is 1. The van der Waals surface area contributed by atoms with Crippen molar-refractivity contribution in [2.24, 2.45) is 0 Å². The zero-order chi connectivity index (χ0) is 14.5. The van der Waals surface area contributed by atoms with Gasteiger partial charge in [-0.15, -0.1) is 0 Å². The molecule has 2 aromatic rings. The summed E-state index contributed by atoms with van der Waals surface area (Å²) in [5, 5.41) is 4.03. The predicted molar refractivity (Wildman–Crippen MR) is 82.6 cm³/mol. The lowest BCUT2D eigenvalue weighted by Crippen LogP contribution is -2.09. The summed E-state index contributed by atoms with van der Waals surface area (Å²) in [6, 6.07) is 9.74. The fourth-order valence-corrected chi connectivity index (χ4v) is 2.23. The van der Waals surface area contributed by atoms with E-state index in [2.05, 4.69) is 12.2 Å². The van der Waals surface area contributed by atoms with Crippen molar-refractivity contribution < 1.29 is 9.15 Å². The first-order chi connectivity index (χ1) is 9.60. The molecule has 1 unspecified atom stereocenters. The van der Waals surface area contributed by atoms with Gasteiger partial charge in [-0.05, 0) is 50.6 Å². The van der Waals surface area contributed by atoms with Crippen LogP contribution in [0.1, 0.15) is 39.0 Å². The first-order valence-corrected chi connectivity index (χ1v) is 7.24. The largest absolute Gasteiger partial charge is 0.489 e. The normalized spacial score (nSPS) is 12.4. The van der Waals surface area contributed by atoms with E-state index in [1.807, 2.05) is 44.2 Å². The third-order valence-electron chi connectivity index (χ3n) is 2.93. The van der Waals surface area contributed by atoms with E-state index in [4.69, 9.17) is 20.8 Å². The van der Waals surface area contributed by atoms with Gasteiger partial charge in [0.15, 0.2) is 0 Å². The Bertz CT molecular complexity index is 537. The fraction of sp³-hybridized carbons (Fsp3) is 0.375. The molecule has 108 valence electrons. The molecule has 0 bridgehead atoms. The number of nitrogens with one attached hydrogen (secondary N) is 1. The van der Waals surface area contributed by atoms with Gasteiger partial charge in [-0.2, -0.15) is 0 Å². The van der Waals surface area contributed by atoms with Crippen molar-refractivity contribution in [3.05, 3.63) is 47.4 Å². The highest BCUT2D eigenvalue weighted by Gasteiger charge is 2.13. The summed E-state index contributed by atoms with van der Waals surface area (Å²) in [6.07, 6.45) is 2.72. The molecule has 0 saturated carbocycles. The molecule has 3 nitrogen and oxygen atoms in total. The van der Waals surface area contributed by atoms with Gasteiger partial charge in [0.05, 0.1) is 23.4 Å². The highest BCUT2D eigenvalue weighted by atomic mass is 35.5. The number of halogens is 1. The second kappa shape index (κ2) is 6.71. The lowest BCUT2D eigenvalue weighted by atomic mass is 10.1. The van der Waals surface area contributed by atoms with Crippen molar-refractivity contribution in [1.29, 1.82) is 0 Å². The Morgan fingerprint density at radius 3 is 2.65 bits per heavy atom. The maximum atomic E-state index is 6.24. The molecule has 1 atom stereocenters. The maximum Gasteiger partial charge on any atom is 0.138 e. The van der Waals surface area contributed by atoms with Crippen LogP contribution in [0.5, 0.6) is 5.75 Å². The standard InChI is InChI=1S/C16H20ClNO2/c1-4-14(16-6-5-9-19-16)18-12-7-8-15(13(17)10-12)20-11(2)3/h5-11,14,18H,4H2,1-3H3. The molecule has 1 heterocycles. The highest BCUT2D eigenvalue weighted by Crippen LogP contribution is 2.31.